The molecule has 1 amide bonds. The molecule has 0 saturated carbocycles. The summed E-state index contributed by atoms with van der Waals surface area (Å²) in [5, 5.41) is 2.98. The monoisotopic (exact) mass is 359 g/mol. The second-order valence-electron chi connectivity index (χ2n) is 6.97. The number of carbonyl (C=O) groups excluding carboxylic acids is 1. The Morgan fingerprint density at radius 2 is 1.73 bits per heavy atom. The van der Waals surface area contributed by atoms with Crippen molar-refractivity contribution in [3.63, 3.8) is 0 Å². The number of carbonyl (C=O) groups is 1. The quantitative estimate of drug-likeness (QED) is 0.350. The number of hydrogen-bond acceptors (Lipinski definition) is 3. The van der Waals surface area contributed by atoms with Crippen LogP contribution in [0.2, 0.25) is 0 Å². The lowest BCUT2D eigenvalue weighted by Gasteiger charge is -2.30. The number of allylic oxidation sites excluding steroid dienone is 5. The van der Waals surface area contributed by atoms with E-state index in [2.05, 4.69) is 49.5 Å². The van der Waals surface area contributed by atoms with Gasteiger partial charge in [0.1, 0.15) is 0 Å². The molecule has 0 radical (unpaired) electrons. The molecule has 0 aliphatic heterocycles. The normalized spacial score (nSPS) is 14.0. The lowest BCUT2D eigenvalue weighted by molar-refractivity contribution is -0.117. The van der Waals surface area contributed by atoms with Gasteiger partial charge in [0, 0.05) is 30.9 Å². The highest BCUT2D eigenvalue weighted by molar-refractivity contribution is 6.00. The first-order chi connectivity index (χ1) is 12.1. The second kappa shape index (κ2) is 12.4. The summed E-state index contributed by atoms with van der Waals surface area (Å²) < 4.78 is 0. The van der Waals surface area contributed by atoms with E-state index in [9.17, 15) is 4.79 Å². The molecule has 146 valence electrons. The molecule has 0 unspecified atom stereocenters. The fraction of sp³-hybridized carbons (Fsp3) is 0.545. The minimum Gasteiger partial charge on any atom is -0.351 e. The van der Waals surface area contributed by atoms with Crippen LogP contribution >= 0.6 is 0 Å². The maximum Gasteiger partial charge on any atom is 0.253 e. The molecule has 0 atom stereocenters. The molecule has 0 aromatic heterocycles. The molecular formula is C22H37N3O. The second-order valence-corrected chi connectivity index (χ2v) is 6.97. The van der Waals surface area contributed by atoms with Gasteiger partial charge >= 0.3 is 0 Å². The largest absolute Gasteiger partial charge is 0.351 e. The zero-order valence-corrected chi connectivity index (χ0v) is 17.9. The Morgan fingerprint density at radius 1 is 1.15 bits per heavy atom. The van der Waals surface area contributed by atoms with E-state index in [0.717, 1.165) is 17.8 Å². The number of nitrogens with one attached hydrogen (secondary N) is 1. The van der Waals surface area contributed by atoms with Crippen LogP contribution in [0.15, 0.2) is 52.7 Å². The fourth-order valence-electron chi connectivity index (χ4n) is 2.88. The van der Waals surface area contributed by atoms with Crippen LogP contribution in [0.1, 0.15) is 55.4 Å². The van der Waals surface area contributed by atoms with Crippen LogP contribution < -0.4 is 5.32 Å². The highest BCUT2D eigenvalue weighted by Crippen LogP contribution is 2.11. The van der Waals surface area contributed by atoms with Crippen molar-refractivity contribution in [3.05, 3.63) is 47.7 Å². The maximum absolute atomic E-state index is 12.5. The molecule has 0 spiro atoms. The number of hydrogen-bond donors (Lipinski definition) is 1. The van der Waals surface area contributed by atoms with Crippen molar-refractivity contribution in [3.8, 4) is 0 Å². The standard InChI is InChI=1S/C22H37N3O/c1-10-12-18(7)15-19(8)24-20(9)21(11-2)22(26)23-13-14-25(16(3)4)17(5)6/h10-12,15-17H,9,13-14H2,1-8H3,(H,23,26)/b12-10?,18-15+,21-11+,24-19?. The van der Waals surface area contributed by atoms with Gasteiger partial charge in [0.15, 0.2) is 0 Å². The topological polar surface area (TPSA) is 44.7 Å². The van der Waals surface area contributed by atoms with Gasteiger partial charge in [0.05, 0.1) is 11.3 Å². The zero-order chi connectivity index (χ0) is 20.3. The minimum atomic E-state index is -0.129. The van der Waals surface area contributed by atoms with Crippen molar-refractivity contribution in [2.45, 2.75) is 67.5 Å². The van der Waals surface area contributed by atoms with Crippen molar-refractivity contribution >= 4 is 11.6 Å². The van der Waals surface area contributed by atoms with E-state index in [1.54, 1.807) is 6.08 Å². The smallest absolute Gasteiger partial charge is 0.253 e. The summed E-state index contributed by atoms with van der Waals surface area (Å²) in [5.74, 6) is -0.129. The molecule has 0 saturated heterocycles. The predicted molar refractivity (Wildman–Crippen MR) is 115 cm³/mol. The third-order valence-electron chi connectivity index (χ3n) is 4.00. The van der Waals surface area contributed by atoms with E-state index in [4.69, 9.17) is 0 Å². The van der Waals surface area contributed by atoms with E-state index < -0.39 is 0 Å². The summed E-state index contributed by atoms with van der Waals surface area (Å²) >= 11 is 0. The summed E-state index contributed by atoms with van der Waals surface area (Å²) in [5.41, 5.74) is 2.93. The van der Waals surface area contributed by atoms with Gasteiger partial charge in [-0.15, -0.1) is 0 Å². The molecule has 0 aromatic rings. The summed E-state index contributed by atoms with van der Waals surface area (Å²) in [6.07, 6.45) is 7.73. The predicted octanol–water partition coefficient (Wildman–Crippen LogP) is 4.66. The molecular weight excluding hydrogens is 322 g/mol. The van der Waals surface area contributed by atoms with Crippen molar-refractivity contribution in [2.75, 3.05) is 13.1 Å². The van der Waals surface area contributed by atoms with Crippen molar-refractivity contribution in [1.82, 2.24) is 10.2 Å². The third kappa shape index (κ3) is 8.95. The molecule has 1 N–H and O–H groups in total. The Balaban J connectivity index is 4.89. The molecule has 0 aliphatic rings. The summed E-state index contributed by atoms with van der Waals surface area (Å²) in [6.45, 7) is 21.8. The Labute approximate surface area is 160 Å². The van der Waals surface area contributed by atoms with E-state index >= 15 is 0 Å². The average molecular weight is 360 g/mol. The van der Waals surface area contributed by atoms with Gasteiger partial charge in [-0.1, -0.05) is 24.8 Å². The van der Waals surface area contributed by atoms with Crippen LogP contribution in [0.4, 0.5) is 0 Å². The molecule has 0 heterocycles. The summed E-state index contributed by atoms with van der Waals surface area (Å²) in [4.78, 5) is 19.3. The SMILES string of the molecule is C=C(N=C(C)/C=C(\C)C=CC)/C(=C\C)C(=O)NCCN(C(C)C)C(C)C. The number of aliphatic imine (C=N–C) groups is 1. The fourth-order valence-corrected chi connectivity index (χ4v) is 2.88. The molecule has 26 heavy (non-hydrogen) atoms. The van der Waals surface area contributed by atoms with Gasteiger partial charge < -0.3 is 5.32 Å². The van der Waals surface area contributed by atoms with Gasteiger partial charge in [-0.3, -0.25) is 14.7 Å². The van der Waals surface area contributed by atoms with E-state index in [-0.39, 0.29) is 5.91 Å². The van der Waals surface area contributed by atoms with Gasteiger partial charge in [-0.25, -0.2) is 0 Å². The van der Waals surface area contributed by atoms with Gasteiger partial charge in [-0.05, 0) is 67.0 Å². The molecule has 0 fully saturated rings. The number of amides is 1. The Bertz CT molecular complexity index is 585. The molecule has 0 rings (SSSR count). The van der Waals surface area contributed by atoms with Crippen LogP contribution in [0.5, 0.6) is 0 Å². The molecule has 4 nitrogen and oxygen atoms in total. The van der Waals surface area contributed by atoms with Crippen molar-refractivity contribution in [2.24, 2.45) is 4.99 Å². The minimum absolute atomic E-state index is 0.129. The van der Waals surface area contributed by atoms with Gasteiger partial charge in [-0.2, -0.15) is 0 Å². The molecule has 4 heteroatoms. The van der Waals surface area contributed by atoms with Gasteiger partial charge in [0.25, 0.3) is 5.91 Å². The van der Waals surface area contributed by atoms with Crippen LogP contribution in [-0.2, 0) is 4.79 Å². The summed E-state index contributed by atoms with van der Waals surface area (Å²) in [6, 6.07) is 0.894. The lowest BCUT2D eigenvalue weighted by Crippen LogP contribution is -2.42. The number of nitrogens with zero attached hydrogens (tertiary/aromatic N) is 2. The summed E-state index contributed by atoms with van der Waals surface area (Å²) in [7, 11) is 0. The first kappa shape index (κ1) is 24.1. The van der Waals surface area contributed by atoms with Crippen LogP contribution in [0.25, 0.3) is 0 Å². The maximum atomic E-state index is 12.5. The highest BCUT2D eigenvalue weighted by atomic mass is 16.1. The van der Waals surface area contributed by atoms with Crippen LogP contribution in [0, 0.1) is 0 Å². The van der Waals surface area contributed by atoms with E-state index in [1.807, 2.05) is 45.9 Å². The molecule has 0 bridgehead atoms. The first-order valence-electron chi connectivity index (χ1n) is 9.39. The van der Waals surface area contributed by atoms with Crippen molar-refractivity contribution in [1.29, 1.82) is 0 Å². The third-order valence-corrected chi connectivity index (χ3v) is 4.00. The highest BCUT2D eigenvalue weighted by Gasteiger charge is 2.15. The number of rotatable bonds is 10. The van der Waals surface area contributed by atoms with E-state index in [1.165, 1.54) is 0 Å². The Kier molecular flexibility index (Phi) is 11.5. The van der Waals surface area contributed by atoms with Crippen LogP contribution in [-0.4, -0.2) is 41.7 Å². The van der Waals surface area contributed by atoms with Crippen molar-refractivity contribution < 1.29 is 4.79 Å². The average Bonchev–Trinajstić information content (AvgIpc) is 2.51. The first-order valence-corrected chi connectivity index (χ1v) is 9.39. The van der Waals surface area contributed by atoms with Gasteiger partial charge in [0.2, 0.25) is 0 Å². The molecule has 0 aliphatic carbocycles. The molecule has 0 aromatic carbocycles. The van der Waals surface area contributed by atoms with Crippen LogP contribution in [0.3, 0.4) is 0 Å². The lowest BCUT2D eigenvalue weighted by atomic mass is 10.1. The van der Waals surface area contributed by atoms with E-state index in [0.29, 0.717) is 29.9 Å². The Hall–Kier alpha value is -1.94. The Morgan fingerprint density at radius 3 is 2.19 bits per heavy atom. The zero-order valence-electron chi connectivity index (χ0n) is 17.9.